The van der Waals surface area contributed by atoms with Crippen LogP contribution in [0.15, 0.2) is 0 Å². The Labute approximate surface area is 147 Å². The molecule has 0 amide bonds. The molecule has 1 aliphatic heterocycles. The first-order valence-electron chi connectivity index (χ1n) is 10.2. The highest BCUT2D eigenvalue weighted by Crippen LogP contribution is 2.37. The summed E-state index contributed by atoms with van der Waals surface area (Å²) in [7, 11) is 0. The minimum absolute atomic E-state index is 0.0483. The summed E-state index contributed by atoms with van der Waals surface area (Å²) in [6, 6.07) is 0. The molecule has 3 fully saturated rings. The Morgan fingerprint density at radius 3 is 2.04 bits per heavy atom. The highest BCUT2D eigenvalue weighted by molar-refractivity contribution is 4.80. The van der Waals surface area contributed by atoms with E-state index in [2.05, 4.69) is 0 Å². The third-order valence-electron chi connectivity index (χ3n) is 5.96. The maximum Gasteiger partial charge on any atom is 0.155 e. The van der Waals surface area contributed by atoms with Gasteiger partial charge in [-0.15, -0.1) is 0 Å². The molecule has 1 heterocycles. The molecular formula is C20H36O4. The van der Waals surface area contributed by atoms with Gasteiger partial charge in [0, 0.05) is 6.61 Å². The van der Waals surface area contributed by atoms with Gasteiger partial charge in [0.15, 0.2) is 6.29 Å². The smallest absolute Gasteiger partial charge is 0.155 e. The Balaban J connectivity index is 1.26. The average Bonchev–Trinajstić information content (AvgIpc) is 3.41. The maximum atomic E-state index is 5.99. The van der Waals surface area contributed by atoms with Crippen LogP contribution in [-0.2, 0) is 18.9 Å². The highest BCUT2D eigenvalue weighted by Gasteiger charge is 2.29. The molecule has 2 unspecified atom stereocenters. The van der Waals surface area contributed by atoms with Gasteiger partial charge in [0.25, 0.3) is 0 Å². The molecule has 140 valence electrons. The molecule has 4 heteroatoms. The van der Waals surface area contributed by atoms with Crippen molar-refractivity contribution in [1.82, 2.24) is 0 Å². The SMILES string of the molecule is CCOC(C)OC1CCC(CC2CCC(OCC3CO3)CC2)CC1. The first-order valence-corrected chi connectivity index (χ1v) is 10.2. The average molecular weight is 341 g/mol. The Morgan fingerprint density at radius 1 is 0.917 bits per heavy atom. The molecule has 1 saturated heterocycles. The maximum absolute atomic E-state index is 5.99. The Bertz CT molecular complexity index is 342. The van der Waals surface area contributed by atoms with Gasteiger partial charge in [0.2, 0.25) is 0 Å². The Kier molecular flexibility index (Phi) is 7.38. The molecule has 2 saturated carbocycles. The summed E-state index contributed by atoms with van der Waals surface area (Å²) in [5, 5.41) is 0. The van der Waals surface area contributed by atoms with Crippen molar-refractivity contribution in [2.75, 3.05) is 19.8 Å². The van der Waals surface area contributed by atoms with Crippen LogP contribution in [-0.4, -0.2) is 44.4 Å². The van der Waals surface area contributed by atoms with Crippen LogP contribution < -0.4 is 0 Å². The molecule has 2 aliphatic carbocycles. The van der Waals surface area contributed by atoms with Crippen LogP contribution in [0, 0.1) is 11.8 Å². The van der Waals surface area contributed by atoms with Gasteiger partial charge in [-0.05, 0) is 83.5 Å². The summed E-state index contributed by atoms with van der Waals surface area (Å²) in [5.74, 6) is 1.83. The lowest BCUT2D eigenvalue weighted by Crippen LogP contribution is -2.29. The van der Waals surface area contributed by atoms with Gasteiger partial charge in [0.05, 0.1) is 25.4 Å². The quantitative estimate of drug-likeness (QED) is 0.463. The zero-order valence-corrected chi connectivity index (χ0v) is 15.6. The zero-order chi connectivity index (χ0) is 16.8. The molecule has 2 atom stereocenters. The van der Waals surface area contributed by atoms with Crippen molar-refractivity contribution in [2.24, 2.45) is 11.8 Å². The number of hydrogen-bond donors (Lipinski definition) is 0. The van der Waals surface area contributed by atoms with Crippen molar-refractivity contribution >= 4 is 0 Å². The van der Waals surface area contributed by atoms with Crippen molar-refractivity contribution in [3.63, 3.8) is 0 Å². The molecule has 3 aliphatic rings. The second-order valence-corrected chi connectivity index (χ2v) is 7.97. The van der Waals surface area contributed by atoms with Gasteiger partial charge < -0.3 is 18.9 Å². The van der Waals surface area contributed by atoms with E-state index in [1.807, 2.05) is 13.8 Å². The first kappa shape index (κ1) is 18.6. The molecule has 0 bridgehead atoms. The fourth-order valence-corrected chi connectivity index (χ4v) is 4.46. The number of rotatable bonds is 9. The number of epoxide rings is 1. The summed E-state index contributed by atoms with van der Waals surface area (Å²) >= 11 is 0. The zero-order valence-electron chi connectivity index (χ0n) is 15.6. The fraction of sp³-hybridized carbons (Fsp3) is 1.00. The molecule has 0 aromatic heterocycles. The van der Waals surface area contributed by atoms with E-state index in [1.54, 1.807) is 0 Å². The van der Waals surface area contributed by atoms with Crippen LogP contribution >= 0.6 is 0 Å². The van der Waals surface area contributed by atoms with Gasteiger partial charge in [-0.3, -0.25) is 0 Å². The van der Waals surface area contributed by atoms with E-state index in [4.69, 9.17) is 18.9 Å². The summed E-state index contributed by atoms with van der Waals surface area (Å²) in [4.78, 5) is 0. The molecule has 0 aromatic rings. The van der Waals surface area contributed by atoms with Crippen molar-refractivity contribution in [3.8, 4) is 0 Å². The normalized spacial score (nSPS) is 38.0. The van der Waals surface area contributed by atoms with Gasteiger partial charge in [-0.1, -0.05) is 0 Å². The molecule has 0 radical (unpaired) electrons. The molecule has 3 rings (SSSR count). The molecular weight excluding hydrogens is 304 g/mol. The molecule has 0 N–H and O–H groups in total. The first-order chi connectivity index (χ1) is 11.7. The van der Waals surface area contributed by atoms with E-state index >= 15 is 0 Å². The summed E-state index contributed by atoms with van der Waals surface area (Å²) in [5.41, 5.74) is 0. The van der Waals surface area contributed by atoms with Gasteiger partial charge in [0.1, 0.15) is 6.10 Å². The lowest BCUT2D eigenvalue weighted by atomic mass is 9.76. The minimum atomic E-state index is -0.0483. The fourth-order valence-electron chi connectivity index (χ4n) is 4.46. The summed E-state index contributed by atoms with van der Waals surface area (Å²) in [6.07, 6.45) is 13.0. The second-order valence-electron chi connectivity index (χ2n) is 7.97. The number of hydrogen-bond acceptors (Lipinski definition) is 4. The standard InChI is InChI=1S/C20H36O4/c1-3-21-15(2)24-19-10-6-17(7-11-19)12-16-4-8-18(9-5-16)22-13-20-14-23-20/h15-20H,3-14H2,1-2H3. The Morgan fingerprint density at radius 2 is 1.50 bits per heavy atom. The predicted molar refractivity (Wildman–Crippen MR) is 94.0 cm³/mol. The van der Waals surface area contributed by atoms with Crippen molar-refractivity contribution in [3.05, 3.63) is 0 Å². The van der Waals surface area contributed by atoms with Crippen LogP contribution in [0.3, 0.4) is 0 Å². The predicted octanol–water partition coefficient (Wildman–Crippen LogP) is 4.31. The van der Waals surface area contributed by atoms with Gasteiger partial charge >= 0.3 is 0 Å². The van der Waals surface area contributed by atoms with Gasteiger partial charge in [-0.25, -0.2) is 0 Å². The van der Waals surface area contributed by atoms with Crippen molar-refractivity contribution in [2.45, 2.75) is 96.2 Å². The second kappa shape index (κ2) is 9.51. The van der Waals surface area contributed by atoms with E-state index in [0.29, 0.717) is 18.3 Å². The molecule has 4 nitrogen and oxygen atoms in total. The van der Waals surface area contributed by atoms with Gasteiger partial charge in [-0.2, -0.15) is 0 Å². The van der Waals surface area contributed by atoms with E-state index in [9.17, 15) is 0 Å². The van der Waals surface area contributed by atoms with Crippen molar-refractivity contribution < 1.29 is 18.9 Å². The van der Waals surface area contributed by atoms with E-state index < -0.39 is 0 Å². The monoisotopic (exact) mass is 340 g/mol. The van der Waals surface area contributed by atoms with E-state index in [0.717, 1.165) is 31.7 Å². The van der Waals surface area contributed by atoms with Crippen LogP contribution in [0.2, 0.25) is 0 Å². The van der Waals surface area contributed by atoms with Crippen LogP contribution in [0.1, 0.15) is 71.6 Å². The summed E-state index contributed by atoms with van der Waals surface area (Å²) in [6.45, 7) is 6.50. The highest BCUT2D eigenvalue weighted by atomic mass is 16.7. The largest absolute Gasteiger partial charge is 0.375 e. The topological polar surface area (TPSA) is 40.2 Å². The molecule has 24 heavy (non-hydrogen) atoms. The molecule has 0 aromatic carbocycles. The minimum Gasteiger partial charge on any atom is -0.375 e. The van der Waals surface area contributed by atoms with Crippen LogP contribution in [0.4, 0.5) is 0 Å². The number of ether oxygens (including phenoxy) is 4. The van der Waals surface area contributed by atoms with Crippen LogP contribution in [0.25, 0.3) is 0 Å². The van der Waals surface area contributed by atoms with Crippen molar-refractivity contribution in [1.29, 1.82) is 0 Å². The Hall–Kier alpha value is -0.160. The lowest BCUT2D eigenvalue weighted by Gasteiger charge is -2.34. The molecule has 0 spiro atoms. The van der Waals surface area contributed by atoms with E-state index in [-0.39, 0.29) is 6.29 Å². The third-order valence-corrected chi connectivity index (χ3v) is 5.96. The lowest BCUT2D eigenvalue weighted by molar-refractivity contribution is -0.165. The van der Waals surface area contributed by atoms with E-state index in [1.165, 1.54) is 57.8 Å². The summed E-state index contributed by atoms with van der Waals surface area (Å²) < 4.78 is 22.7. The van der Waals surface area contributed by atoms with Crippen LogP contribution in [0.5, 0.6) is 0 Å². The third kappa shape index (κ3) is 6.29.